The quantitative estimate of drug-likeness (QED) is 0.735. The Bertz CT molecular complexity index is 294. The summed E-state index contributed by atoms with van der Waals surface area (Å²) in [5.74, 6) is 0. The molecular weight excluding hydrogens is 184 g/mol. The largest absolute Gasteiger partial charge is 0.396 e. The molecule has 0 aliphatic rings. The van der Waals surface area contributed by atoms with E-state index >= 15 is 0 Å². The van der Waals surface area contributed by atoms with Gasteiger partial charge in [0, 0.05) is 11.6 Å². The molecule has 2 heteroatoms. The molecular formula is C11H13ClO. The maximum absolute atomic E-state index is 8.68. The molecule has 1 N–H and O–H groups in total. The molecule has 1 nitrogen and oxygen atoms in total. The van der Waals surface area contributed by atoms with Crippen molar-refractivity contribution in [2.24, 2.45) is 0 Å². The zero-order chi connectivity index (χ0) is 9.68. The van der Waals surface area contributed by atoms with Crippen LogP contribution < -0.4 is 0 Å². The van der Waals surface area contributed by atoms with Gasteiger partial charge in [0.25, 0.3) is 0 Å². The fourth-order valence-corrected chi connectivity index (χ4v) is 1.39. The maximum atomic E-state index is 8.68. The molecule has 0 atom stereocenters. The summed E-state index contributed by atoms with van der Waals surface area (Å²) in [4.78, 5) is 0. The van der Waals surface area contributed by atoms with Crippen LogP contribution >= 0.6 is 11.6 Å². The minimum Gasteiger partial charge on any atom is -0.396 e. The molecule has 1 rings (SSSR count). The van der Waals surface area contributed by atoms with Crippen LogP contribution in [0.25, 0.3) is 0 Å². The Morgan fingerprint density at radius 1 is 1.46 bits per heavy atom. The minimum atomic E-state index is 0.166. The molecule has 0 bridgehead atoms. The van der Waals surface area contributed by atoms with Gasteiger partial charge in [-0.1, -0.05) is 35.9 Å². The Balaban J connectivity index is 2.58. The van der Waals surface area contributed by atoms with E-state index in [0.29, 0.717) is 6.42 Å². The van der Waals surface area contributed by atoms with Gasteiger partial charge in [-0.3, -0.25) is 0 Å². The summed E-state index contributed by atoms with van der Waals surface area (Å²) in [6, 6.07) is 7.70. The van der Waals surface area contributed by atoms with Crippen molar-refractivity contribution in [1.29, 1.82) is 0 Å². The van der Waals surface area contributed by atoms with E-state index in [0.717, 1.165) is 22.6 Å². The first kappa shape index (κ1) is 10.3. The van der Waals surface area contributed by atoms with Crippen LogP contribution in [0.2, 0.25) is 5.02 Å². The van der Waals surface area contributed by atoms with Crippen molar-refractivity contribution < 1.29 is 5.11 Å². The molecule has 0 saturated carbocycles. The highest BCUT2D eigenvalue weighted by atomic mass is 35.5. The molecule has 0 fully saturated rings. The molecule has 1 aromatic rings. The number of aliphatic hydroxyl groups is 1. The van der Waals surface area contributed by atoms with E-state index in [2.05, 4.69) is 6.58 Å². The van der Waals surface area contributed by atoms with E-state index in [4.69, 9.17) is 16.7 Å². The second-order valence-corrected chi connectivity index (χ2v) is 3.47. The Kier molecular flexibility index (Phi) is 4.00. The summed E-state index contributed by atoms with van der Waals surface area (Å²) in [6.45, 7) is 4.03. The third-order valence-electron chi connectivity index (χ3n) is 1.81. The maximum Gasteiger partial charge on any atom is 0.0468 e. The molecule has 0 heterocycles. The molecule has 0 saturated heterocycles. The molecule has 13 heavy (non-hydrogen) atoms. The number of halogens is 1. The molecule has 0 amide bonds. The van der Waals surface area contributed by atoms with Crippen LogP contribution in [0.15, 0.2) is 36.4 Å². The van der Waals surface area contributed by atoms with Crippen LogP contribution in [0.4, 0.5) is 0 Å². The molecule has 0 aromatic heterocycles. The smallest absolute Gasteiger partial charge is 0.0468 e. The lowest BCUT2D eigenvalue weighted by atomic mass is 10.0. The van der Waals surface area contributed by atoms with Crippen LogP contribution in [0.3, 0.4) is 0 Å². The Hall–Kier alpha value is -0.790. The van der Waals surface area contributed by atoms with Crippen molar-refractivity contribution in [3.63, 3.8) is 0 Å². The van der Waals surface area contributed by atoms with Gasteiger partial charge in [-0.25, -0.2) is 0 Å². The summed E-state index contributed by atoms with van der Waals surface area (Å²) in [6.07, 6.45) is 1.45. The van der Waals surface area contributed by atoms with Crippen molar-refractivity contribution in [1.82, 2.24) is 0 Å². The van der Waals surface area contributed by atoms with Crippen LogP contribution in [-0.4, -0.2) is 11.7 Å². The predicted molar refractivity (Wildman–Crippen MR) is 56.0 cm³/mol. The van der Waals surface area contributed by atoms with Crippen LogP contribution in [0, 0.1) is 0 Å². The summed E-state index contributed by atoms with van der Waals surface area (Å²) in [7, 11) is 0. The number of rotatable bonds is 4. The zero-order valence-corrected chi connectivity index (χ0v) is 8.22. The molecule has 0 radical (unpaired) electrons. The summed E-state index contributed by atoms with van der Waals surface area (Å²) in [5, 5.41) is 9.43. The minimum absolute atomic E-state index is 0.166. The molecule has 70 valence electrons. The van der Waals surface area contributed by atoms with Crippen molar-refractivity contribution in [2.75, 3.05) is 6.61 Å². The first-order valence-corrected chi connectivity index (χ1v) is 4.62. The van der Waals surface area contributed by atoms with Crippen LogP contribution in [-0.2, 0) is 6.42 Å². The topological polar surface area (TPSA) is 20.2 Å². The van der Waals surface area contributed by atoms with Crippen molar-refractivity contribution in [3.05, 3.63) is 47.0 Å². The molecule has 0 unspecified atom stereocenters. The Morgan fingerprint density at radius 2 is 2.23 bits per heavy atom. The summed E-state index contributed by atoms with van der Waals surface area (Å²) < 4.78 is 0. The van der Waals surface area contributed by atoms with Gasteiger partial charge in [-0.15, -0.1) is 0 Å². The second-order valence-electron chi connectivity index (χ2n) is 3.03. The average molecular weight is 197 g/mol. The Morgan fingerprint density at radius 3 is 2.85 bits per heavy atom. The number of benzene rings is 1. The van der Waals surface area contributed by atoms with Gasteiger partial charge in [-0.05, 0) is 30.5 Å². The van der Waals surface area contributed by atoms with Crippen molar-refractivity contribution in [2.45, 2.75) is 12.8 Å². The monoisotopic (exact) mass is 196 g/mol. The zero-order valence-electron chi connectivity index (χ0n) is 7.46. The van der Waals surface area contributed by atoms with E-state index in [1.54, 1.807) is 0 Å². The lowest BCUT2D eigenvalue weighted by Gasteiger charge is -2.03. The summed E-state index contributed by atoms with van der Waals surface area (Å²) >= 11 is 5.83. The van der Waals surface area contributed by atoms with Crippen molar-refractivity contribution >= 4 is 11.6 Å². The van der Waals surface area contributed by atoms with Crippen LogP contribution in [0.5, 0.6) is 0 Å². The SMILES string of the molecule is C=C(CCO)Cc1cccc(Cl)c1. The highest BCUT2D eigenvalue weighted by Gasteiger charge is 1.97. The highest BCUT2D eigenvalue weighted by Crippen LogP contribution is 2.14. The first-order valence-electron chi connectivity index (χ1n) is 4.24. The van der Waals surface area contributed by atoms with Gasteiger partial charge in [0.1, 0.15) is 0 Å². The van der Waals surface area contributed by atoms with Crippen molar-refractivity contribution in [3.8, 4) is 0 Å². The molecule has 0 aliphatic carbocycles. The van der Waals surface area contributed by atoms with Gasteiger partial charge in [-0.2, -0.15) is 0 Å². The molecule has 0 aliphatic heterocycles. The number of hydrogen-bond donors (Lipinski definition) is 1. The third kappa shape index (κ3) is 3.62. The number of hydrogen-bond acceptors (Lipinski definition) is 1. The van der Waals surface area contributed by atoms with Crippen LogP contribution in [0.1, 0.15) is 12.0 Å². The van der Waals surface area contributed by atoms with Gasteiger partial charge in [0.05, 0.1) is 0 Å². The van der Waals surface area contributed by atoms with Gasteiger partial charge >= 0.3 is 0 Å². The van der Waals surface area contributed by atoms with E-state index in [1.165, 1.54) is 0 Å². The Labute approximate surface area is 83.7 Å². The third-order valence-corrected chi connectivity index (χ3v) is 2.04. The standard InChI is InChI=1S/C11H13ClO/c1-9(5-6-13)7-10-3-2-4-11(12)8-10/h2-4,8,13H,1,5-7H2. The number of aliphatic hydroxyl groups excluding tert-OH is 1. The lowest BCUT2D eigenvalue weighted by molar-refractivity contribution is 0.298. The van der Waals surface area contributed by atoms with E-state index in [9.17, 15) is 0 Å². The second kappa shape index (κ2) is 5.05. The van der Waals surface area contributed by atoms with Gasteiger partial charge in [0.15, 0.2) is 0 Å². The predicted octanol–water partition coefficient (Wildman–Crippen LogP) is 2.82. The molecule has 1 aromatic carbocycles. The summed E-state index contributed by atoms with van der Waals surface area (Å²) in [5.41, 5.74) is 2.18. The van der Waals surface area contributed by atoms with Gasteiger partial charge < -0.3 is 5.11 Å². The first-order chi connectivity index (χ1) is 6.22. The van der Waals surface area contributed by atoms with E-state index < -0.39 is 0 Å². The normalized spacial score (nSPS) is 10.0. The van der Waals surface area contributed by atoms with E-state index in [1.807, 2.05) is 24.3 Å². The lowest BCUT2D eigenvalue weighted by Crippen LogP contribution is -1.92. The molecule has 0 spiro atoms. The highest BCUT2D eigenvalue weighted by molar-refractivity contribution is 6.30. The van der Waals surface area contributed by atoms with Gasteiger partial charge in [0.2, 0.25) is 0 Å². The fraction of sp³-hybridized carbons (Fsp3) is 0.273. The fourth-order valence-electron chi connectivity index (χ4n) is 1.18. The average Bonchev–Trinajstić information content (AvgIpc) is 2.04. The van der Waals surface area contributed by atoms with E-state index in [-0.39, 0.29) is 6.61 Å².